The molecule has 0 bridgehead atoms. The van der Waals surface area contributed by atoms with E-state index in [4.69, 9.17) is 4.74 Å². The van der Waals surface area contributed by atoms with Crippen LogP contribution in [0.1, 0.15) is 37.5 Å². The number of hydrogen-bond donors (Lipinski definition) is 1. The van der Waals surface area contributed by atoms with Crippen molar-refractivity contribution in [3.63, 3.8) is 0 Å². The zero-order chi connectivity index (χ0) is 15.9. The topological polar surface area (TPSA) is 46.5 Å². The molecule has 116 valence electrons. The Bertz CT molecular complexity index is 539. The number of aliphatic hydroxyl groups is 1. The van der Waals surface area contributed by atoms with Gasteiger partial charge in [0, 0.05) is 0 Å². The fourth-order valence-corrected chi connectivity index (χ4v) is 2.32. The van der Waals surface area contributed by atoms with Gasteiger partial charge in [0.05, 0.1) is 0 Å². The monoisotopic (exact) mass is 298 g/mol. The highest BCUT2D eigenvalue weighted by Crippen LogP contribution is 2.26. The molecule has 2 aromatic carbocycles. The molecule has 0 aliphatic carbocycles. The number of hydrogen-bond acceptors (Lipinski definition) is 3. The maximum absolute atomic E-state index is 12.2. The van der Waals surface area contributed by atoms with Crippen LogP contribution < -0.4 is 0 Å². The lowest BCUT2D eigenvalue weighted by Crippen LogP contribution is -2.26. The first kappa shape index (κ1) is 16.2. The van der Waals surface area contributed by atoms with Crippen LogP contribution in [-0.4, -0.2) is 17.2 Å². The van der Waals surface area contributed by atoms with Crippen molar-refractivity contribution in [1.82, 2.24) is 0 Å². The van der Waals surface area contributed by atoms with Crippen LogP contribution in [0.15, 0.2) is 60.7 Å². The van der Waals surface area contributed by atoms with E-state index in [0.717, 1.165) is 11.1 Å². The highest BCUT2D eigenvalue weighted by Gasteiger charge is 2.24. The first-order chi connectivity index (χ1) is 10.6. The highest BCUT2D eigenvalue weighted by atomic mass is 16.6. The Labute approximate surface area is 131 Å². The second-order valence-corrected chi connectivity index (χ2v) is 5.78. The van der Waals surface area contributed by atoms with Crippen LogP contribution >= 0.6 is 0 Å². The van der Waals surface area contributed by atoms with Gasteiger partial charge in [0.25, 0.3) is 0 Å². The number of esters is 1. The second-order valence-electron chi connectivity index (χ2n) is 5.78. The Balaban J connectivity index is 2.21. The predicted octanol–water partition coefficient (Wildman–Crippen LogP) is 3.73. The smallest absolute Gasteiger partial charge is 0.335 e. The molecule has 0 unspecified atom stereocenters. The van der Waals surface area contributed by atoms with E-state index in [2.05, 4.69) is 0 Å². The summed E-state index contributed by atoms with van der Waals surface area (Å²) >= 11 is 0. The summed E-state index contributed by atoms with van der Waals surface area (Å²) in [5.74, 6) is -0.346. The predicted molar refractivity (Wildman–Crippen MR) is 86.3 cm³/mol. The summed E-state index contributed by atoms with van der Waals surface area (Å²) in [7, 11) is 0. The van der Waals surface area contributed by atoms with Crippen molar-refractivity contribution < 1.29 is 14.6 Å². The number of aliphatic hydroxyl groups excluding tert-OH is 1. The minimum Gasteiger partial charge on any atom is -0.451 e. The van der Waals surface area contributed by atoms with Crippen LogP contribution in [0.3, 0.4) is 0 Å². The summed E-state index contributed by atoms with van der Waals surface area (Å²) in [5.41, 5.74) is 1.78. The first-order valence-electron chi connectivity index (χ1n) is 7.56. The number of carbonyl (C=O) groups excluding carboxylic acids is 1. The summed E-state index contributed by atoms with van der Waals surface area (Å²) in [4.78, 5) is 12.2. The van der Waals surface area contributed by atoms with Gasteiger partial charge in [-0.2, -0.15) is 0 Å². The molecule has 0 fully saturated rings. The standard InChI is InChI=1S/C19H22O3/c1-14(2)13-17(20)19(21)22-18(15-9-5-3-6-10-15)16-11-7-4-8-12-16/h3-12,14,17-18,20H,13H2,1-2H3/t17-/m1/s1. The molecule has 0 aliphatic rings. The zero-order valence-corrected chi connectivity index (χ0v) is 13.0. The van der Waals surface area contributed by atoms with Crippen molar-refractivity contribution in [3.05, 3.63) is 71.8 Å². The Hall–Kier alpha value is -2.13. The van der Waals surface area contributed by atoms with Gasteiger partial charge in [-0.3, -0.25) is 0 Å². The number of ether oxygens (including phenoxy) is 1. The molecule has 3 heteroatoms. The van der Waals surface area contributed by atoms with Gasteiger partial charge in [0.2, 0.25) is 0 Å². The van der Waals surface area contributed by atoms with Crippen LogP contribution in [-0.2, 0) is 9.53 Å². The van der Waals surface area contributed by atoms with Crippen molar-refractivity contribution >= 4 is 5.97 Å². The van der Waals surface area contributed by atoms with E-state index >= 15 is 0 Å². The largest absolute Gasteiger partial charge is 0.451 e. The third-order valence-electron chi connectivity index (χ3n) is 3.41. The summed E-state index contributed by atoms with van der Waals surface area (Å²) < 4.78 is 5.60. The number of benzene rings is 2. The molecule has 0 amide bonds. The van der Waals surface area contributed by atoms with Gasteiger partial charge in [-0.15, -0.1) is 0 Å². The van der Waals surface area contributed by atoms with Crippen molar-refractivity contribution in [2.75, 3.05) is 0 Å². The molecule has 3 nitrogen and oxygen atoms in total. The lowest BCUT2D eigenvalue weighted by Gasteiger charge is -2.21. The van der Waals surface area contributed by atoms with Crippen molar-refractivity contribution in [2.24, 2.45) is 5.92 Å². The van der Waals surface area contributed by atoms with E-state index in [1.165, 1.54) is 0 Å². The van der Waals surface area contributed by atoms with Crippen LogP contribution in [0, 0.1) is 5.92 Å². The van der Waals surface area contributed by atoms with Crippen LogP contribution in [0.25, 0.3) is 0 Å². The molecule has 0 heterocycles. The lowest BCUT2D eigenvalue weighted by atomic mass is 10.0. The number of carbonyl (C=O) groups is 1. The molecular formula is C19H22O3. The average molecular weight is 298 g/mol. The van der Waals surface area contributed by atoms with E-state index < -0.39 is 18.2 Å². The molecule has 0 spiro atoms. The third kappa shape index (κ3) is 4.43. The normalized spacial score (nSPS) is 12.4. The summed E-state index contributed by atoms with van der Waals surface area (Å²) in [6, 6.07) is 19.1. The molecular weight excluding hydrogens is 276 g/mol. The summed E-state index contributed by atoms with van der Waals surface area (Å²) in [5, 5.41) is 9.96. The van der Waals surface area contributed by atoms with E-state index in [9.17, 15) is 9.90 Å². The fraction of sp³-hybridized carbons (Fsp3) is 0.316. The van der Waals surface area contributed by atoms with Gasteiger partial charge in [0.15, 0.2) is 12.2 Å². The first-order valence-corrected chi connectivity index (χ1v) is 7.56. The Morgan fingerprint density at radius 1 is 0.955 bits per heavy atom. The molecule has 2 rings (SSSR count). The maximum atomic E-state index is 12.2. The minimum absolute atomic E-state index is 0.231. The second kappa shape index (κ2) is 7.76. The lowest BCUT2D eigenvalue weighted by molar-refractivity contribution is -0.158. The average Bonchev–Trinajstić information content (AvgIpc) is 2.53. The molecule has 0 aliphatic heterocycles. The molecule has 22 heavy (non-hydrogen) atoms. The Morgan fingerprint density at radius 2 is 1.41 bits per heavy atom. The summed E-state index contributed by atoms with van der Waals surface area (Å²) in [6.45, 7) is 3.92. The molecule has 1 atom stereocenters. The van der Waals surface area contributed by atoms with Crippen LogP contribution in [0.4, 0.5) is 0 Å². The van der Waals surface area contributed by atoms with Crippen LogP contribution in [0.5, 0.6) is 0 Å². The Morgan fingerprint density at radius 3 is 1.82 bits per heavy atom. The van der Waals surface area contributed by atoms with Gasteiger partial charge >= 0.3 is 5.97 Å². The highest BCUT2D eigenvalue weighted by molar-refractivity contribution is 5.75. The fourth-order valence-electron chi connectivity index (χ4n) is 2.32. The van der Waals surface area contributed by atoms with Gasteiger partial charge in [0.1, 0.15) is 0 Å². The molecule has 1 N–H and O–H groups in total. The molecule has 0 radical (unpaired) electrons. The minimum atomic E-state index is -1.09. The van der Waals surface area contributed by atoms with Gasteiger partial charge < -0.3 is 9.84 Å². The Kier molecular flexibility index (Phi) is 5.73. The van der Waals surface area contributed by atoms with Crippen molar-refractivity contribution in [1.29, 1.82) is 0 Å². The third-order valence-corrected chi connectivity index (χ3v) is 3.41. The molecule has 0 saturated carbocycles. The maximum Gasteiger partial charge on any atom is 0.335 e. The molecule has 2 aromatic rings. The van der Waals surface area contributed by atoms with E-state index in [-0.39, 0.29) is 5.92 Å². The van der Waals surface area contributed by atoms with Gasteiger partial charge in [-0.1, -0.05) is 74.5 Å². The van der Waals surface area contributed by atoms with Crippen molar-refractivity contribution in [2.45, 2.75) is 32.5 Å². The molecule has 0 saturated heterocycles. The summed E-state index contributed by atoms with van der Waals surface area (Å²) in [6.07, 6.45) is -1.19. The van der Waals surface area contributed by atoms with E-state index in [0.29, 0.717) is 6.42 Å². The van der Waals surface area contributed by atoms with Gasteiger partial charge in [-0.25, -0.2) is 4.79 Å². The van der Waals surface area contributed by atoms with Crippen LogP contribution in [0.2, 0.25) is 0 Å². The SMILES string of the molecule is CC(C)C[C@@H](O)C(=O)OC(c1ccccc1)c1ccccc1. The van der Waals surface area contributed by atoms with Gasteiger partial charge in [-0.05, 0) is 23.5 Å². The van der Waals surface area contributed by atoms with Crippen molar-refractivity contribution in [3.8, 4) is 0 Å². The quantitative estimate of drug-likeness (QED) is 0.827. The molecule has 0 aromatic heterocycles. The zero-order valence-electron chi connectivity index (χ0n) is 13.0. The number of rotatable bonds is 6. The van der Waals surface area contributed by atoms with E-state index in [1.54, 1.807) is 0 Å². The van der Waals surface area contributed by atoms with E-state index in [1.807, 2.05) is 74.5 Å².